The van der Waals surface area contributed by atoms with E-state index in [1.165, 1.54) is 12.1 Å². The van der Waals surface area contributed by atoms with Gasteiger partial charge in [-0.05, 0) is 60.7 Å². The van der Waals surface area contributed by atoms with E-state index in [2.05, 4.69) is 15.8 Å². The molecule has 1 heterocycles. The predicted octanol–water partition coefficient (Wildman–Crippen LogP) is 3.46. The van der Waals surface area contributed by atoms with Gasteiger partial charge < -0.3 is 4.98 Å². The number of fused-ring (bicyclic) bond motifs is 1. The molecule has 3 aromatic rings. The highest BCUT2D eigenvalue weighted by Gasteiger charge is 2.29. The second-order valence-electron chi connectivity index (χ2n) is 6.84. The van der Waals surface area contributed by atoms with Crippen molar-refractivity contribution in [3.8, 4) is 11.3 Å². The summed E-state index contributed by atoms with van der Waals surface area (Å²) in [7, 11) is 0. The maximum atomic E-state index is 13.3. The summed E-state index contributed by atoms with van der Waals surface area (Å²) in [5.41, 5.74) is 8.67. The summed E-state index contributed by atoms with van der Waals surface area (Å²) >= 11 is 0. The molecule has 0 spiro atoms. The van der Waals surface area contributed by atoms with Crippen LogP contribution in [-0.2, 0) is 16.0 Å². The minimum atomic E-state index is -0.290. The number of nitrogens with one attached hydrogen (secondary N) is 3. The molecule has 0 saturated heterocycles. The molecule has 3 N–H and O–H groups in total. The van der Waals surface area contributed by atoms with Crippen LogP contribution in [0.3, 0.4) is 0 Å². The van der Waals surface area contributed by atoms with E-state index in [0.717, 1.165) is 40.6 Å². The minimum Gasteiger partial charge on any atom is -0.354 e. The summed E-state index contributed by atoms with van der Waals surface area (Å²) < 4.78 is 13.3. The third-order valence-corrected chi connectivity index (χ3v) is 4.82. The second-order valence-corrected chi connectivity index (χ2v) is 6.84. The van der Waals surface area contributed by atoms with Crippen molar-refractivity contribution < 1.29 is 14.0 Å². The first kappa shape index (κ1) is 17.3. The van der Waals surface area contributed by atoms with Gasteiger partial charge in [0, 0.05) is 28.9 Å². The van der Waals surface area contributed by atoms with E-state index in [4.69, 9.17) is 0 Å². The number of hydrazine groups is 1. The van der Waals surface area contributed by atoms with Gasteiger partial charge in [0.15, 0.2) is 0 Å². The largest absolute Gasteiger partial charge is 0.354 e. The maximum Gasteiger partial charge on any atom is 0.241 e. The van der Waals surface area contributed by atoms with Crippen LogP contribution in [0.5, 0.6) is 0 Å². The van der Waals surface area contributed by atoms with E-state index >= 15 is 0 Å². The van der Waals surface area contributed by atoms with Crippen molar-refractivity contribution in [2.45, 2.75) is 25.7 Å². The number of rotatable bonds is 5. The third kappa shape index (κ3) is 3.84. The van der Waals surface area contributed by atoms with Gasteiger partial charge in [-0.1, -0.05) is 18.2 Å². The zero-order valence-electron chi connectivity index (χ0n) is 14.7. The van der Waals surface area contributed by atoms with E-state index in [9.17, 15) is 14.0 Å². The molecule has 138 valence electrons. The Morgan fingerprint density at radius 3 is 2.52 bits per heavy atom. The number of para-hydroxylation sites is 1. The molecule has 1 saturated carbocycles. The first-order valence-electron chi connectivity index (χ1n) is 9.06. The molecule has 1 aliphatic rings. The van der Waals surface area contributed by atoms with Gasteiger partial charge in [0.2, 0.25) is 11.8 Å². The number of hydrogen-bond acceptors (Lipinski definition) is 2. The molecule has 4 rings (SSSR count). The average Bonchev–Trinajstić information content (AvgIpc) is 3.47. The number of amides is 2. The molecule has 0 aliphatic heterocycles. The molecule has 1 fully saturated rings. The standard InChI is InChI=1S/C21H20FN3O2/c22-15-9-7-13(8-10-15)20-17(16-3-1-2-4-18(16)23-20)11-12-19(26)24-25-21(27)14-5-6-14/h1-4,7-10,14,23H,5-6,11-12H2,(H,24,26)(H,25,27). The van der Waals surface area contributed by atoms with Gasteiger partial charge in [0.25, 0.3) is 0 Å². The molecule has 5 nitrogen and oxygen atoms in total. The van der Waals surface area contributed by atoms with Crippen LogP contribution in [-0.4, -0.2) is 16.8 Å². The number of aromatic nitrogens is 1. The Morgan fingerprint density at radius 2 is 1.78 bits per heavy atom. The number of hydrogen-bond donors (Lipinski definition) is 3. The van der Waals surface area contributed by atoms with Gasteiger partial charge in [-0.15, -0.1) is 0 Å². The number of carbonyl (C=O) groups excluding carboxylic acids is 2. The van der Waals surface area contributed by atoms with Crippen molar-refractivity contribution in [2.75, 3.05) is 0 Å². The summed E-state index contributed by atoms with van der Waals surface area (Å²) in [4.78, 5) is 27.1. The number of H-pyrrole nitrogens is 1. The number of benzene rings is 2. The molecule has 0 unspecified atom stereocenters. The Balaban J connectivity index is 1.52. The minimum absolute atomic E-state index is 0.0454. The SMILES string of the molecule is O=C(CCc1c(-c2ccc(F)cc2)[nH]c2ccccc12)NNC(=O)C1CC1. The second kappa shape index (κ2) is 7.23. The smallest absolute Gasteiger partial charge is 0.241 e. The van der Waals surface area contributed by atoms with Crippen molar-refractivity contribution in [3.63, 3.8) is 0 Å². The molecule has 0 atom stereocenters. The van der Waals surface area contributed by atoms with Crippen molar-refractivity contribution >= 4 is 22.7 Å². The summed E-state index contributed by atoms with van der Waals surface area (Å²) in [6.07, 6.45) is 2.51. The molecule has 1 aromatic heterocycles. The van der Waals surface area contributed by atoms with Gasteiger partial charge in [0.1, 0.15) is 5.82 Å². The van der Waals surface area contributed by atoms with Gasteiger partial charge in [0.05, 0.1) is 0 Å². The van der Waals surface area contributed by atoms with Crippen LogP contribution in [0.4, 0.5) is 4.39 Å². The summed E-state index contributed by atoms with van der Waals surface area (Å²) in [5.74, 6) is -0.604. The Bertz CT molecular complexity index is 990. The first-order valence-corrected chi connectivity index (χ1v) is 9.06. The van der Waals surface area contributed by atoms with Crippen LogP contribution < -0.4 is 10.9 Å². The molecule has 2 amide bonds. The monoisotopic (exact) mass is 365 g/mol. The molecular formula is C21H20FN3O2. The lowest BCUT2D eigenvalue weighted by molar-refractivity contribution is -0.129. The fourth-order valence-electron chi connectivity index (χ4n) is 3.20. The zero-order valence-corrected chi connectivity index (χ0v) is 14.7. The van der Waals surface area contributed by atoms with E-state index in [-0.39, 0.29) is 30.0 Å². The lowest BCUT2D eigenvalue weighted by Gasteiger charge is -2.08. The molecule has 27 heavy (non-hydrogen) atoms. The Labute approximate surface area is 155 Å². The molecule has 6 heteroatoms. The van der Waals surface area contributed by atoms with Crippen LogP contribution in [0.15, 0.2) is 48.5 Å². The van der Waals surface area contributed by atoms with E-state index in [1.54, 1.807) is 12.1 Å². The van der Waals surface area contributed by atoms with Crippen molar-refractivity contribution in [1.29, 1.82) is 0 Å². The lowest BCUT2D eigenvalue weighted by atomic mass is 10.0. The Morgan fingerprint density at radius 1 is 1.04 bits per heavy atom. The van der Waals surface area contributed by atoms with Gasteiger partial charge >= 0.3 is 0 Å². The highest BCUT2D eigenvalue weighted by molar-refractivity contribution is 5.91. The molecule has 0 bridgehead atoms. The first-order chi connectivity index (χ1) is 13.1. The van der Waals surface area contributed by atoms with Crippen LogP contribution in [0, 0.1) is 11.7 Å². The quantitative estimate of drug-likeness (QED) is 0.606. The van der Waals surface area contributed by atoms with Crippen LogP contribution in [0.2, 0.25) is 0 Å². The van der Waals surface area contributed by atoms with Crippen molar-refractivity contribution in [1.82, 2.24) is 15.8 Å². The molecule has 0 radical (unpaired) electrons. The average molecular weight is 365 g/mol. The third-order valence-electron chi connectivity index (χ3n) is 4.82. The summed E-state index contributed by atoms with van der Waals surface area (Å²) in [6, 6.07) is 14.2. The predicted molar refractivity (Wildman–Crippen MR) is 101 cm³/mol. The fourth-order valence-corrected chi connectivity index (χ4v) is 3.20. The summed E-state index contributed by atoms with van der Waals surface area (Å²) in [5, 5.41) is 1.03. The fraction of sp³-hybridized carbons (Fsp3) is 0.238. The lowest BCUT2D eigenvalue weighted by Crippen LogP contribution is -2.42. The van der Waals surface area contributed by atoms with Crippen molar-refractivity contribution in [3.05, 3.63) is 59.9 Å². The van der Waals surface area contributed by atoms with Crippen LogP contribution in [0.25, 0.3) is 22.2 Å². The molecular weight excluding hydrogens is 345 g/mol. The number of aryl methyl sites for hydroxylation is 1. The summed E-state index contributed by atoms with van der Waals surface area (Å²) in [6.45, 7) is 0. The highest BCUT2D eigenvalue weighted by atomic mass is 19.1. The number of aromatic amines is 1. The van der Waals surface area contributed by atoms with E-state index in [1.807, 2.05) is 24.3 Å². The maximum absolute atomic E-state index is 13.3. The zero-order chi connectivity index (χ0) is 18.8. The number of halogens is 1. The highest BCUT2D eigenvalue weighted by Crippen LogP contribution is 2.31. The normalized spacial score (nSPS) is 13.5. The molecule has 1 aliphatic carbocycles. The van der Waals surface area contributed by atoms with E-state index < -0.39 is 0 Å². The van der Waals surface area contributed by atoms with Crippen molar-refractivity contribution in [2.24, 2.45) is 5.92 Å². The van der Waals surface area contributed by atoms with E-state index in [0.29, 0.717) is 6.42 Å². The van der Waals surface area contributed by atoms with Crippen LogP contribution in [0.1, 0.15) is 24.8 Å². The Kier molecular flexibility index (Phi) is 4.62. The van der Waals surface area contributed by atoms with Gasteiger partial charge in [-0.25, -0.2) is 4.39 Å². The Hall–Kier alpha value is -3.15. The number of carbonyl (C=O) groups is 2. The van der Waals surface area contributed by atoms with Crippen LogP contribution >= 0.6 is 0 Å². The molecule has 2 aromatic carbocycles. The van der Waals surface area contributed by atoms with Gasteiger partial charge in [-0.2, -0.15) is 0 Å². The topological polar surface area (TPSA) is 74.0 Å². The van der Waals surface area contributed by atoms with Gasteiger partial charge in [-0.3, -0.25) is 20.4 Å².